The number of nitrogens with one attached hydrogen (secondary N) is 1. The predicted octanol–water partition coefficient (Wildman–Crippen LogP) is 4.01. The maximum atomic E-state index is 13.1. The zero-order valence-electron chi connectivity index (χ0n) is 14.6. The van der Waals surface area contributed by atoms with E-state index in [1.165, 1.54) is 0 Å². The van der Waals surface area contributed by atoms with Crippen LogP contribution in [-0.2, 0) is 4.74 Å². The summed E-state index contributed by atoms with van der Waals surface area (Å²) in [5.74, 6) is 0.436. The fourth-order valence-corrected chi connectivity index (χ4v) is 4.27. The molecule has 2 unspecified atom stereocenters. The van der Waals surface area contributed by atoms with Crippen LogP contribution in [0.5, 0.6) is 0 Å². The van der Waals surface area contributed by atoms with Crippen molar-refractivity contribution < 1.29 is 9.53 Å². The van der Waals surface area contributed by atoms with Gasteiger partial charge in [-0.25, -0.2) is 4.98 Å². The van der Waals surface area contributed by atoms with Gasteiger partial charge in [0.1, 0.15) is 6.17 Å². The molecule has 0 saturated carbocycles. The molecule has 1 N–H and O–H groups in total. The van der Waals surface area contributed by atoms with Crippen LogP contribution in [0.15, 0.2) is 29.6 Å². The first-order valence-electron chi connectivity index (χ1n) is 8.87. The smallest absolute Gasteiger partial charge is 0.257 e. The number of carbonyl (C=O) groups excluding carboxylic acids is 1. The highest BCUT2D eigenvalue weighted by atomic mass is 32.1. The molecule has 1 aromatic heterocycles. The topological polar surface area (TPSA) is 54.5 Å². The minimum Gasteiger partial charge on any atom is -0.376 e. The molecule has 1 amide bonds. The molecule has 25 heavy (non-hydrogen) atoms. The number of carbonyl (C=O) groups is 1. The summed E-state index contributed by atoms with van der Waals surface area (Å²) in [5.41, 5.74) is 2.51. The molecule has 6 heteroatoms. The number of amides is 1. The standard InChI is InChI=1S/C19H23N3O2S/c1-12(2)18-21-16(11-25-18)17-20-15-8-4-3-7-14(15)19(23)22(17)10-13-6-5-9-24-13/h3-4,7-8,11-13,17,20H,5-6,9-10H2,1-2H3. The molecule has 2 atom stereocenters. The minimum absolute atomic E-state index is 0.0500. The van der Waals surface area contributed by atoms with Gasteiger partial charge in [-0.1, -0.05) is 26.0 Å². The number of nitrogens with zero attached hydrogens (tertiary/aromatic N) is 2. The van der Waals surface area contributed by atoms with Crippen LogP contribution in [0, 0.1) is 0 Å². The van der Waals surface area contributed by atoms with Gasteiger partial charge in [-0.05, 0) is 25.0 Å². The van der Waals surface area contributed by atoms with E-state index >= 15 is 0 Å². The molecule has 132 valence electrons. The summed E-state index contributed by atoms with van der Waals surface area (Å²) in [7, 11) is 0. The molecule has 1 aromatic carbocycles. The second-order valence-corrected chi connectivity index (χ2v) is 7.84. The van der Waals surface area contributed by atoms with Gasteiger partial charge in [0.15, 0.2) is 0 Å². The van der Waals surface area contributed by atoms with Crippen molar-refractivity contribution in [1.29, 1.82) is 0 Å². The predicted molar refractivity (Wildman–Crippen MR) is 99.0 cm³/mol. The average molecular weight is 357 g/mol. The Hall–Kier alpha value is -1.92. The molecule has 0 aliphatic carbocycles. The van der Waals surface area contributed by atoms with E-state index in [2.05, 4.69) is 24.5 Å². The SMILES string of the molecule is CC(C)c1nc(C2Nc3ccccc3C(=O)N2CC2CCCO2)cs1. The number of ether oxygens (including phenoxy) is 1. The number of aromatic nitrogens is 1. The number of para-hydroxylation sites is 1. The van der Waals surface area contributed by atoms with E-state index in [1.807, 2.05) is 29.2 Å². The summed E-state index contributed by atoms with van der Waals surface area (Å²) in [4.78, 5) is 19.8. The second kappa shape index (κ2) is 6.77. The Morgan fingerprint density at radius 3 is 2.96 bits per heavy atom. The molecule has 2 aliphatic rings. The summed E-state index contributed by atoms with van der Waals surface area (Å²) < 4.78 is 5.78. The third-order valence-electron chi connectivity index (χ3n) is 4.76. The summed E-state index contributed by atoms with van der Waals surface area (Å²) in [5, 5.41) is 6.68. The highest BCUT2D eigenvalue weighted by molar-refractivity contribution is 7.09. The van der Waals surface area contributed by atoms with E-state index in [9.17, 15) is 4.79 Å². The highest BCUT2D eigenvalue weighted by Gasteiger charge is 2.36. The molecule has 3 heterocycles. The van der Waals surface area contributed by atoms with Gasteiger partial charge in [0.2, 0.25) is 0 Å². The highest BCUT2D eigenvalue weighted by Crippen LogP contribution is 2.35. The lowest BCUT2D eigenvalue weighted by Gasteiger charge is -2.38. The van der Waals surface area contributed by atoms with Crippen molar-refractivity contribution in [2.75, 3.05) is 18.5 Å². The lowest BCUT2D eigenvalue weighted by Crippen LogP contribution is -2.46. The molecule has 0 spiro atoms. The molecular weight excluding hydrogens is 334 g/mol. The molecule has 0 bridgehead atoms. The van der Waals surface area contributed by atoms with Gasteiger partial charge in [0.25, 0.3) is 5.91 Å². The van der Waals surface area contributed by atoms with Crippen molar-refractivity contribution in [2.45, 2.75) is 44.9 Å². The van der Waals surface area contributed by atoms with Gasteiger partial charge < -0.3 is 15.0 Å². The van der Waals surface area contributed by atoms with Crippen LogP contribution in [0.25, 0.3) is 0 Å². The molecule has 1 saturated heterocycles. The second-order valence-electron chi connectivity index (χ2n) is 6.95. The third-order valence-corrected chi connectivity index (χ3v) is 5.92. The molecule has 2 aliphatic heterocycles. The lowest BCUT2D eigenvalue weighted by molar-refractivity contribution is 0.0423. The first-order valence-corrected chi connectivity index (χ1v) is 9.75. The average Bonchev–Trinajstić information content (AvgIpc) is 3.29. The Morgan fingerprint density at radius 1 is 1.40 bits per heavy atom. The molecule has 2 aromatic rings. The number of anilines is 1. The normalized spacial score (nSPS) is 23.0. The number of rotatable bonds is 4. The van der Waals surface area contributed by atoms with E-state index in [4.69, 9.17) is 9.72 Å². The fourth-order valence-electron chi connectivity index (χ4n) is 3.41. The number of benzene rings is 1. The quantitative estimate of drug-likeness (QED) is 0.898. The van der Waals surface area contributed by atoms with E-state index in [0.717, 1.165) is 41.4 Å². The minimum atomic E-state index is -0.240. The van der Waals surface area contributed by atoms with Gasteiger partial charge in [-0.15, -0.1) is 11.3 Å². The van der Waals surface area contributed by atoms with Crippen LogP contribution in [0.1, 0.15) is 59.8 Å². The van der Waals surface area contributed by atoms with Gasteiger partial charge in [0.05, 0.1) is 22.4 Å². The summed E-state index contributed by atoms with van der Waals surface area (Å²) in [6.45, 7) is 5.66. The molecule has 0 radical (unpaired) electrons. The number of hydrogen-bond donors (Lipinski definition) is 1. The van der Waals surface area contributed by atoms with Gasteiger partial charge in [0, 0.05) is 30.1 Å². The summed E-state index contributed by atoms with van der Waals surface area (Å²) in [6, 6.07) is 7.69. The van der Waals surface area contributed by atoms with Crippen LogP contribution in [0.3, 0.4) is 0 Å². The maximum Gasteiger partial charge on any atom is 0.257 e. The van der Waals surface area contributed by atoms with E-state index in [1.54, 1.807) is 11.3 Å². The van der Waals surface area contributed by atoms with Gasteiger partial charge in [-0.3, -0.25) is 4.79 Å². The van der Waals surface area contributed by atoms with E-state index in [-0.39, 0.29) is 18.2 Å². The molecule has 4 rings (SSSR count). The summed E-state index contributed by atoms with van der Waals surface area (Å²) in [6.07, 6.45) is 1.94. The van der Waals surface area contributed by atoms with E-state index < -0.39 is 0 Å². The molecular formula is C19H23N3O2S. The van der Waals surface area contributed by atoms with Crippen LogP contribution in [-0.4, -0.2) is 35.0 Å². The largest absolute Gasteiger partial charge is 0.376 e. The van der Waals surface area contributed by atoms with Crippen molar-refractivity contribution in [3.8, 4) is 0 Å². The van der Waals surface area contributed by atoms with Crippen molar-refractivity contribution in [1.82, 2.24) is 9.88 Å². The van der Waals surface area contributed by atoms with Crippen LogP contribution < -0.4 is 5.32 Å². The number of hydrogen-bond acceptors (Lipinski definition) is 5. The van der Waals surface area contributed by atoms with Crippen LogP contribution >= 0.6 is 11.3 Å². The van der Waals surface area contributed by atoms with Crippen molar-refractivity contribution in [3.05, 3.63) is 45.9 Å². The zero-order valence-corrected chi connectivity index (χ0v) is 15.4. The van der Waals surface area contributed by atoms with Crippen molar-refractivity contribution >= 4 is 22.9 Å². The maximum absolute atomic E-state index is 13.1. The van der Waals surface area contributed by atoms with Crippen molar-refractivity contribution in [2.24, 2.45) is 0 Å². The Kier molecular flexibility index (Phi) is 4.48. The number of fused-ring (bicyclic) bond motifs is 1. The first kappa shape index (κ1) is 16.5. The Bertz CT molecular complexity index is 768. The number of thiazole rings is 1. The summed E-state index contributed by atoms with van der Waals surface area (Å²) >= 11 is 1.66. The van der Waals surface area contributed by atoms with E-state index in [0.29, 0.717) is 12.5 Å². The third kappa shape index (κ3) is 3.16. The lowest BCUT2D eigenvalue weighted by atomic mass is 10.1. The van der Waals surface area contributed by atoms with Gasteiger partial charge >= 0.3 is 0 Å². The molecule has 1 fully saturated rings. The van der Waals surface area contributed by atoms with Crippen LogP contribution in [0.4, 0.5) is 5.69 Å². The zero-order chi connectivity index (χ0) is 17.4. The molecule has 5 nitrogen and oxygen atoms in total. The van der Waals surface area contributed by atoms with Gasteiger partial charge in [-0.2, -0.15) is 0 Å². The monoisotopic (exact) mass is 357 g/mol. The van der Waals surface area contributed by atoms with Crippen molar-refractivity contribution in [3.63, 3.8) is 0 Å². The van der Waals surface area contributed by atoms with Crippen LogP contribution in [0.2, 0.25) is 0 Å². The Morgan fingerprint density at radius 2 is 2.24 bits per heavy atom. The fraction of sp³-hybridized carbons (Fsp3) is 0.474. The Balaban J connectivity index is 1.68. The first-order chi connectivity index (χ1) is 12.1. The Labute approximate surface area is 152 Å².